The van der Waals surface area contributed by atoms with E-state index in [9.17, 15) is 4.79 Å². The number of carbonyl (C=O) groups is 1. The molecule has 0 bridgehead atoms. The van der Waals surface area contributed by atoms with Crippen LogP contribution in [0.15, 0.2) is 54.6 Å². The molecule has 25 heavy (non-hydrogen) atoms. The minimum absolute atomic E-state index is 0.122. The molecule has 0 fully saturated rings. The second-order valence-corrected chi connectivity index (χ2v) is 6.36. The van der Waals surface area contributed by atoms with Gasteiger partial charge in [0.1, 0.15) is 0 Å². The number of anilines is 2. The van der Waals surface area contributed by atoms with Gasteiger partial charge in [-0.3, -0.25) is 4.79 Å². The molecule has 0 spiro atoms. The topological polar surface area (TPSA) is 32.3 Å². The summed E-state index contributed by atoms with van der Waals surface area (Å²) < 4.78 is 0. The molecule has 2 rings (SSSR count). The number of benzene rings is 2. The summed E-state index contributed by atoms with van der Waals surface area (Å²) >= 11 is 0. The lowest BCUT2D eigenvalue weighted by Gasteiger charge is -2.21. The fraction of sp³-hybridized carbons (Fsp3) is 0.318. The maximum Gasteiger partial charge on any atom is 0.248 e. The zero-order valence-corrected chi connectivity index (χ0v) is 15.6. The lowest BCUT2D eigenvalue weighted by atomic mass is 10.0. The fourth-order valence-corrected chi connectivity index (χ4v) is 2.69. The van der Waals surface area contributed by atoms with Gasteiger partial charge in [0, 0.05) is 30.5 Å². The molecular formula is C22H28N2O. The van der Waals surface area contributed by atoms with Crippen molar-refractivity contribution >= 4 is 23.4 Å². The summed E-state index contributed by atoms with van der Waals surface area (Å²) in [7, 11) is 0. The number of amides is 1. The molecule has 0 unspecified atom stereocenters. The van der Waals surface area contributed by atoms with Gasteiger partial charge in [-0.25, -0.2) is 0 Å². The third kappa shape index (κ3) is 5.49. The maximum absolute atomic E-state index is 12.1. The highest BCUT2D eigenvalue weighted by Crippen LogP contribution is 2.18. The van der Waals surface area contributed by atoms with Crippen LogP contribution in [0.3, 0.4) is 0 Å². The smallest absolute Gasteiger partial charge is 0.248 e. The number of hydrogen-bond donors (Lipinski definition) is 1. The fourth-order valence-electron chi connectivity index (χ4n) is 2.69. The summed E-state index contributed by atoms with van der Waals surface area (Å²) in [5, 5.41) is 2.90. The summed E-state index contributed by atoms with van der Waals surface area (Å²) in [6.07, 6.45) is 3.41. The van der Waals surface area contributed by atoms with E-state index >= 15 is 0 Å². The molecule has 0 aliphatic rings. The molecule has 2 aromatic carbocycles. The molecule has 132 valence electrons. The normalized spacial score (nSPS) is 11.1. The molecule has 0 heterocycles. The predicted molar refractivity (Wildman–Crippen MR) is 108 cm³/mol. The number of carbonyl (C=O) groups excluding carboxylic acids is 1. The Labute approximate surface area is 151 Å². The van der Waals surface area contributed by atoms with E-state index in [-0.39, 0.29) is 5.91 Å². The van der Waals surface area contributed by atoms with Crippen LogP contribution in [-0.2, 0) is 4.79 Å². The zero-order valence-electron chi connectivity index (χ0n) is 15.6. The van der Waals surface area contributed by atoms with Crippen molar-refractivity contribution in [3.05, 3.63) is 65.7 Å². The first-order valence-electron chi connectivity index (χ1n) is 8.97. The van der Waals surface area contributed by atoms with Crippen molar-refractivity contribution in [3.63, 3.8) is 0 Å². The van der Waals surface area contributed by atoms with Gasteiger partial charge in [0.2, 0.25) is 5.91 Å². The molecule has 0 saturated carbocycles. The molecule has 1 N–H and O–H groups in total. The minimum atomic E-state index is -0.122. The van der Waals surface area contributed by atoms with Gasteiger partial charge in [0.15, 0.2) is 0 Å². The Morgan fingerprint density at radius 1 is 1.00 bits per heavy atom. The van der Waals surface area contributed by atoms with E-state index in [0.29, 0.717) is 5.92 Å². The first kappa shape index (κ1) is 18.8. The lowest BCUT2D eigenvalue weighted by molar-refractivity contribution is -0.111. The number of hydrogen-bond acceptors (Lipinski definition) is 2. The van der Waals surface area contributed by atoms with Gasteiger partial charge in [0.25, 0.3) is 0 Å². The van der Waals surface area contributed by atoms with Crippen LogP contribution in [-0.4, -0.2) is 19.0 Å². The Morgan fingerprint density at radius 2 is 1.60 bits per heavy atom. The number of rotatable bonds is 7. The first-order valence-corrected chi connectivity index (χ1v) is 8.97. The Balaban J connectivity index is 1.95. The average Bonchev–Trinajstić information content (AvgIpc) is 2.63. The average molecular weight is 336 g/mol. The van der Waals surface area contributed by atoms with Crippen LogP contribution in [0.5, 0.6) is 0 Å². The van der Waals surface area contributed by atoms with Gasteiger partial charge >= 0.3 is 0 Å². The molecule has 0 aliphatic heterocycles. The van der Waals surface area contributed by atoms with Crippen LogP contribution in [0.2, 0.25) is 0 Å². The third-order valence-corrected chi connectivity index (χ3v) is 4.29. The van der Waals surface area contributed by atoms with E-state index in [1.165, 1.54) is 11.3 Å². The number of nitrogens with one attached hydrogen (secondary N) is 1. The van der Waals surface area contributed by atoms with E-state index < -0.39 is 0 Å². The van der Waals surface area contributed by atoms with Crippen LogP contribution >= 0.6 is 0 Å². The molecular weight excluding hydrogens is 308 g/mol. The van der Waals surface area contributed by atoms with Gasteiger partial charge in [-0.15, -0.1) is 0 Å². The molecule has 1 amide bonds. The van der Waals surface area contributed by atoms with Gasteiger partial charge < -0.3 is 10.2 Å². The molecule has 0 atom stereocenters. The van der Waals surface area contributed by atoms with Gasteiger partial charge in [0.05, 0.1) is 0 Å². The molecule has 0 saturated heterocycles. The van der Waals surface area contributed by atoms with E-state index in [1.54, 1.807) is 6.08 Å². The third-order valence-electron chi connectivity index (χ3n) is 4.29. The maximum atomic E-state index is 12.1. The highest BCUT2D eigenvalue weighted by Gasteiger charge is 2.03. The second-order valence-electron chi connectivity index (χ2n) is 6.36. The largest absolute Gasteiger partial charge is 0.372 e. The van der Waals surface area contributed by atoms with Crippen molar-refractivity contribution in [2.45, 2.75) is 33.6 Å². The van der Waals surface area contributed by atoms with Crippen LogP contribution in [0.1, 0.15) is 44.7 Å². The highest BCUT2D eigenvalue weighted by molar-refractivity contribution is 6.02. The van der Waals surface area contributed by atoms with Crippen molar-refractivity contribution in [3.8, 4) is 0 Å². The van der Waals surface area contributed by atoms with Crippen LogP contribution in [0, 0.1) is 0 Å². The summed E-state index contributed by atoms with van der Waals surface area (Å²) in [6.45, 7) is 10.6. The quantitative estimate of drug-likeness (QED) is 0.695. The molecule has 0 aliphatic carbocycles. The van der Waals surface area contributed by atoms with Crippen molar-refractivity contribution in [2.75, 3.05) is 23.3 Å². The van der Waals surface area contributed by atoms with Gasteiger partial charge in [-0.2, -0.15) is 0 Å². The van der Waals surface area contributed by atoms with Crippen molar-refractivity contribution < 1.29 is 4.79 Å². The summed E-state index contributed by atoms with van der Waals surface area (Å²) in [5.74, 6) is 0.393. The van der Waals surface area contributed by atoms with Gasteiger partial charge in [-0.05, 0) is 61.2 Å². The van der Waals surface area contributed by atoms with Crippen molar-refractivity contribution in [1.29, 1.82) is 0 Å². The van der Waals surface area contributed by atoms with E-state index in [0.717, 1.165) is 24.3 Å². The van der Waals surface area contributed by atoms with Crippen molar-refractivity contribution in [2.24, 2.45) is 0 Å². The summed E-state index contributed by atoms with van der Waals surface area (Å²) in [6, 6.07) is 16.2. The van der Waals surface area contributed by atoms with Crippen LogP contribution in [0.4, 0.5) is 11.4 Å². The van der Waals surface area contributed by atoms with E-state index in [2.05, 4.69) is 50.0 Å². The van der Waals surface area contributed by atoms with Crippen LogP contribution < -0.4 is 10.2 Å². The Morgan fingerprint density at radius 3 is 2.12 bits per heavy atom. The van der Waals surface area contributed by atoms with E-state index in [1.807, 2.05) is 42.5 Å². The molecule has 3 nitrogen and oxygen atoms in total. The number of nitrogens with zero attached hydrogens (tertiary/aromatic N) is 1. The summed E-state index contributed by atoms with van der Waals surface area (Å²) in [4.78, 5) is 14.4. The summed E-state index contributed by atoms with van der Waals surface area (Å²) in [5.41, 5.74) is 4.30. The standard InChI is InChI=1S/C22H28N2O/c1-5-24(6-2)21-14-12-20(13-15-21)23-22(25)16-9-18-7-10-19(11-8-18)17(3)4/h7-17H,5-6H2,1-4H3,(H,23,25). The molecule has 3 heteroatoms. The first-order chi connectivity index (χ1) is 12.0. The molecule has 0 aromatic heterocycles. The van der Waals surface area contributed by atoms with E-state index in [4.69, 9.17) is 0 Å². The van der Waals surface area contributed by atoms with Crippen LogP contribution in [0.25, 0.3) is 6.08 Å². The Bertz CT molecular complexity index is 696. The van der Waals surface area contributed by atoms with Crippen molar-refractivity contribution in [1.82, 2.24) is 0 Å². The monoisotopic (exact) mass is 336 g/mol. The zero-order chi connectivity index (χ0) is 18.2. The minimum Gasteiger partial charge on any atom is -0.372 e. The Hall–Kier alpha value is -2.55. The second kappa shape index (κ2) is 9.07. The Kier molecular flexibility index (Phi) is 6.81. The van der Waals surface area contributed by atoms with Gasteiger partial charge in [-0.1, -0.05) is 38.1 Å². The molecule has 0 radical (unpaired) electrons. The lowest BCUT2D eigenvalue weighted by Crippen LogP contribution is -2.21. The highest BCUT2D eigenvalue weighted by atomic mass is 16.1. The predicted octanol–water partition coefficient (Wildman–Crippen LogP) is 5.31. The molecule has 2 aromatic rings. The SMILES string of the molecule is CCN(CC)c1ccc(NC(=O)C=Cc2ccc(C(C)C)cc2)cc1.